The average molecular weight is 295 g/mol. The molecule has 0 saturated heterocycles. The zero-order chi connectivity index (χ0) is 16.0. The van der Waals surface area contributed by atoms with Gasteiger partial charge in [0, 0.05) is 0 Å². The van der Waals surface area contributed by atoms with Crippen molar-refractivity contribution in [2.24, 2.45) is 0 Å². The van der Waals surface area contributed by atoms with Crippen molar-refractivity contribution in [2.75, 3.05) is 6.61 Å². The Morgan fingerprint density at radius 1 is 1.25 bits per heavy atom. The number of allylic oxidation sites excluding steroid dienone is 2. The molecule has 0 aliphatic rings. The molecule has 0 aromatic rings. The van der Waals surface area contributed by atoms with E-state index >= 15 is 0 Å². The van der Waals surface area contributed by atoms with Gasteiger partial charge in [-0.25, -0.2) is 0 Å². The molecule has 0 spiro atoms. The first-order chi connectivity index (χ1) is 8.95. The predicted octanol–water partition coefficient (Wildman–Crippen LogP) is 4.29. The van der Waals surface area contributed by atoms with Crippen LogP contribution in [0, 0.1) is 11.8 Å². The van der Waals surface area contributed by atoms with Crippen LogP contribution in [0.4, 0.5) is 0 Å². The van der Waals surface area contributed by atoms with Gasteiger partial charge in [0.1, 0.15) is 6.10 Å². The summed E-state index contributed by atoms with van der Waals surface area (Å²) in [6.45, 7) is 17.6. The number of hydrogen-bond acceptors (Lipinski definition) is 2. The molecule has 0 aliphatic heterocycles. The van der Waals surface area contributed by atoms with Gasteiger partial charge in [0.2, 0.25) is 0 Å². The summed E-state index contributed by atoms with van der Waals surface area (Å²) < 4.78 is 6.06. The molecule has 0 aliphatic carbocycles. The van der Waals surface area contributed by atoms with Crippen molar-refractivity contribution in [3.8, 4) is 11.8 Å². The molecule has 0 saturated carbocycles. The van der Waals surface area contributed by atoms with Crippen molar-refractivity contribution in [3.63, 3.8) is 0 Å². The summed E-state index contributed by atoms with van der Waals surface area (Å²) in [6, 6.07) is 0. The lowest BCUT2D eigenvalue weighted by Crippen LogP contribution is -2.40. The van der Waals surface area contributed by atoms with Gasteiger partial charge in [-0.05, 0) is 56.6 Å². The molecule has 0 aromatic heterocycles. The van der Waals surface area contributed by atoms with E-state index in [9.17, 15) is 5.11 Å². The normalized spacial score (nSPS) is 14.3. The number of aliphatic hydroxyl groups is 1. The quantitative estimate of drug-likeness (QED) is 0.476. The van der Waals surface area contributed by atoms with Crippen LogP contribution in [0.15, 0.2) is 23.3 Å². The van der Waals surface area contributed by atoms with Gasteiger partial charge in [-0.2, -0.15) is 0 Å². The molecule has 0 amide bonds. The Labute approximate surface area is 126 Å². The number of aliphatic hydroxyl groups excluding tert-OH is 1. The van der Waals surface area contributed by atoms with Gasteiger partial charge >= 0.3 is 0 Å². The smallest absolute Gasteiger partial charge is 0.192 e. The van der Waals surface area contributed by atoms with Crippen LogP contribution in [-0.4, -0.2) is 26.1 Å². The summed E-state index contributed by atoms with van der Waals surface area (Å²) in [6.07, 6.45) is 3.04. The molecule has 1 N–H and O–H groups in total. The van der Waals surface area contributed by atoms with E-state index in [0.29, 0.717) is 6.61 Å². The third-order valence-corrected chi connectivity index (χ3v) is 8.05. The topological polar surface area (TPSA) is 29.5 Å². The third-order valence-electron chi connectivity index (χ3n) is 3.55. The maximum absolute atomic E-state index is 9.63. The van der Waals surface area contributed by atoms with Crippen LogP contribution in [0.1, 0.15) is 41.5 Å². The second-order valence-corrected chi connectivity index (χ2v) is 11.7. The minimum atomic E-state index is -1.69. The summed E-state index contributed by atoms with van der Waals surface area (Å²) in [5.41, 5.74) is 2.00. The fraction of sp³-hybridized carbons (Fsp3) is 0.647. The van der Waals surface area contributed by atoms with Crippen LogP contribution >= 0.6 is 0 Å². The largest absolute Gasteiger partial charge is 0.413 e. The third kappa shape index (κ3) is 7.69. The van der Waals surface area contributed by atoms with E-state index in [1.54, 1.807) is 6.08 Å². The van der Waals surface area contributed by atoms with E-state index < -0.39 is 14.4 Å². The van der Waals surface area contributed by atoms with Crippen molar-refractivity contribution in [1.82, 2.24) is 0 Å². The molecule has 2 nitrogen and oxygen atoms in total. The van der Waals surface area contributed by atoms with Gasteiger partial charge in [-0.1, -0.05) is 38.2 Å². The maximum Gasteiger partial charge on any atom is 0.192 e. The number of hydrogen-bond donors (Lipinski definition) is 1. The second-order valence-electron chi connectivity index (χ2n) is 6.92. The minimum absolute atomic E-state index is 0.222. The Balaban J connectivity index is 4.50. The molecular weight excluding hydrogens is 264 g/mol. The molecular formula is C17H30O2Si. The first-order valence-corrected chi connectivity index (χ1v) is 10.0. The van der Waals surface area contributed by atoms with Gasteiger partial charge < -0.3 is 9.53 Å². The van der Waals surface area contributed by atoms with Crippen molar-refractivity contribution < 1.29 is 9.53 Å². The van der Waals surface area contributed by atoms with E-state index in [1.165, 1.54) is 0 Å². The van der Waals surface area contributed by atoms with Gasteiger partial charge in [0.05, 0.1) is 6.61 Å². The molecule has 3 heteroatoms. The fourth-order valence-corrected chi connectivity index (χ4v) is 2.12. The Hall–Kier alpha value is -0.823. The molecule has 0 radical (unpaired) electrons. The SMILES string of the molecule is CC(C)=CC(O)C#C/C(C)=C\CO[Si](C)(C)C(C)(C)C. The van der Waals surface area contributed by atoms with Gasteiger partial charge in [0.25, 0.3) is 0 Å². The summed E-state index contributed by atoms with van der Waals surface area (Å²) in [7, 11) is -1.69. The highest BCUT2D eigenvalue weighted by atomic mass is 28.4. The average Bonchev–Trinajstić information content (AvgIpc) is 2.23. The summed E-state index contributed by atoms with van der Waals surface area (Å²) in [5, 5.41) is 9.85. The number of rotatable bonds is 4. The maximum atomic E-state index is 9.63. The van der Waals surface area contributed by atoms with Crippen molar-refractivity contribution in [3.05, 3.63) is 23.3 Å². The lowest BCUT2D eigenvalue weighted by atomic mass is 10.2. The summed E-state index contributed by atoms with van der Waals surface area (Å²) >= 11 is 0. The predicted molar refractivity (Wildman–Crippen MR) is 90.1 cm³/mol. The standard InChI is InChI=1S/C17H30O2Si/c1-14(2)13-16(18)10-9-15(3)11-12-19-20(7,8)17(4,5)6/h11,13,16,18H,12H2,1-8H3/b15-11-. The van der Waals surface area contributed by atoms with Crippen LogP contribution in [0.5, 0.6) is 0 Å². The fourth-order valence-electron chi connectivity index (χ4n) is 1.19. The van der Waals surface area contributed by atoms with E-state index in [2.05, 4.69) is 45.7 Å². The van der Waals surface area contributed by atoms with Gasteiger partial charge in [-0.15, -0.1) is 0 Å². The molecule has 114 valence electrons. The Kier molecular flexibility index (Phi) is 7.50. The zero-order valence-corrected chi connectivity index (χ0v) is 15.3. The lowest BCUT2D eigenvalue weighted by Gasteiger charge is -2.35. The molecule has 0 heterocycles. The zero-order valence-electron chi connectivity index (χ0n) is 14.3. The Morgan fingerprint density at radius 2 is 1.80 bits per heavy atom. The van der Waals surface area contributed by atoms with E-state index in [-0.39, 0.29) is 5.04 Å². The molecule has 0 aromatic carbocycles. The van der Waals surface area contributed by atoms with Crippen LogP contribution in [0.2, 0.25) is 18.1 Å². The first kappa shape index (κ1) is 19.2. The monoisotopic (exact) mass is 294 g/mol. The minimum Gasteiger partial charge on any atom is -0.413 e. The first-order valence-electron chi connectivity index (χ1n) is 7.11. The van der Waals surface area contributed by atoms with E-state index in [4.69, 9.17) is 4.43 Å². The Bertz CT molecular complexity index is 424. The van der Waals surface area contributed by atoms with E-state index in [0.717, 1.165) is 11.1 Å². The Morgan fingerprint density at radius 3 is 2.25 bits per heavy atom. The van der Waals surface area contributed by atoms with Crippen LogP contribution in [0.25, 0.3) is 0 Å². The van der Waals surface area contributed by atoms with Crippen LogP contribution in [0.3, 0.4) is 0 Å². The van der Waals surface area contributed by atoms with Gasteiger partial charge in [-0.3, -0.25) is 0 Å². The highest BCUT2D eigenvalue weighted by Crippen LogP contribution is 2.36. The second kappa shape index (κ2) is 7.83. The molecule has 0 fully saturated rings. The molecule has 1 unspecified atom stereocenters. The van der Waals surface area contributed by atoms with Crippen molar-refractivity contribution in [1.29, 1.82) is 0 Å². The highest BCUT2D eigenvalue weighted by Gasteiger charge is 2.36. The summed E-state index contributed by atoms with van der Waals surface area (Å²) in [4.78, 5) is 0. The van der Waals surface area contributed by atoms with E-state index in [1.807, 2.05) is 26.8 Å². The summed E-state index contributed by atoms with van der Waals surface area (Å²) in [5.74, 6) is 5.77. The van der Waals surface area contributed by atoms with Crippen LogP contribution in [-0.2, 0) is 4.43 Å². The lowest BCUT2D eigenvalue weighted by molar-refractivity contribution is 0.280. The molecule has 1 atom stereocenters. The van der Waals surface area contributed by atoms with Crippen molar-refractivity contribution in [2.45, 2.75) is 65.8 Å². The van der Waals surface area contributed by atoms with Crippen molar-refractivity contribution >= 4 is 8.32 Å². The molecule has 0 bridgehead atoms. The highest BCUT2D eigenvalue weighted by molar-refractivity contribution is 6.74. The molecule has 20 heavy (non-hydrogen) atoms. The van der Waals surface area contributed by atoms with Gasteiger partial charge in [0.15, 0.2) is 8.32 Å². The van der Waals surface area contributed by atoms with Crippen LogP contribution < -0.4 is 0 Å². The molecule has 0 rings (SSSR count).